The number of para-hydroxylation sites is 1. The van der Waals surface area contributed by atoms with Crippen LogP contribution in [0.25, 0.3) is 0 Å². The van der Waals surface area contributed by atoms with E-state index in [1.54, 1.807) is 0 Å². The molecule has 0 radical (unpaired) electrons. The van der Waals surface area contributed by atoms with Crippen molar-refractivity contribution >= 4 is 5.78 Å². The molecular formula is C17H20N4O2. The molecule has 2 aromatic rings. The summed E-state index contributed by atoms with van der Waals surface area (Å²) < 4.78 is 6.24. The second kappa shape index (κ2) is 5.45. The van der Waals surface area contributed by atoms with Gasteiger partial charge < -0.3 is 4.74 Å². The van der Waals surface area contributed by atoms with E-state index in [2.05, 4.69) is 20.1 Å². The summed E-state index contributed by atoms with van der Waals surface area (Å²) in [6, 6.07) is 7.53. The van der Waals surface area contributed by atoms with Crippen molar-refractivity contribution in [2.45, 2.75) is 38.3 Å². The number of hydrogen-bond acceptors (Lipinski definition) is 5. The molecule has 3 heterocycles. The molecule has 120 valence electrons. The third-order valence-corrected chi connectivity index (χ3v) is 4.66. The summed E-state index contributed by atoms with van der Waals surface area (Å²) in [5.41, 5.74) is 0.318. The van der Waals surface area contributed by atoms with Gasteiger partial charge in [0.15, 0.2) is 5.78 Å². The second-order valence-corrected chi connectivity index (χ2v) is 6.39. The summed E-state index contributed by atoms with van der Waals surface area (Å²) in [5.74, 6) is 2.62. The Balaban J connectivity index is 1.49. The highest BCUT2D eigenvalue weighted by molar-refractivity contribution is 6.00. The van der Waals surface area contributed by atoms with Crippen LogP contribution in [0.2, 0.25) is 0 Å². The smallest absolute Gasteiger partial charge is 0.170 e. The van der Waals surface area contributed by atoms with Crippen LogP contribution in [0.3, 0.4) is 0 Å². The number of nitrogens with one attached hydrogen (secondary N) is 1. The number of aryl methyl sites for hydroxylation is 1. The largest absolute Gasteiger partial charge is 0.485 e. The van der Waals surface area contributed by atoms with E-state index in [1.807, 2.05) is 31.2 Å². The number of aromatic nitrogens is 3. The normalized spacial score (nSPS) is 24.0. The van der Waals surface area contributed by atoms with Gasteiger partial charge in [0.05, 0.1) is 18.5 Å². The highest BCUT2D eigenvalue weighted by Crippen LogP contribution is 2.38. The van der Waals surface area contributed by atoms with Gasteiger partial charge in [-0.25, -0.2) is 4.98 Å². The van der Waals surface area contributed by atoms with Gasteiger partial charge in [0.2, 0.25) is 0 Å². The minimum atomic E-state index is -0.390. The van der Waals surface area contributed by atoms with Gasteiger partial charge >= 0.3 is 0 Å². The SMILES string of the molecule is CCc1n[nH]c(CN2CC[C@]3(CC(=O)c4ccccc4O3)C2)n1. The molecule has 23 heavy (non-hydrogen) atoms. The first-order chi connectivity index (χ1) is 11.2. The zero-order valence-electron chi connectivity index (χ0n) is 13.2. The van der Waals surface area contributed by atoms with Crippen LogP contribution in [0.4, 0.5) is 0 Å². The molecule has 6 heteroatoms. The molecule has 4 rings (SSSR count). The summed E-state index contributed by atoms with van der Waals surface area (Å²) in [5, 5.41) is 7.16. The van der Waals surface area contributed by atoms with Crippen molar-refractivity contribution in [2.24, 2.45) is 0 Å². The van der Waals surface area contributed by atoms with Crippen molar-refractivity contribution in [3.05, 3.63) is 41.5 Å². The van der Waals surface area contributed by atoms with Crippen LogP contribution in [0.15, 0.2) is 24.3 Å². The lowest BCUT2D eigenvalue weighted by atomic mass is 9.89. The van der Waals surface area contributed by atoms with Gasteiger partial charge in [-0.3, -0.25) is 14.8 Å². The van der Waals surface area contributed by atoms with Crippen molar-refractivity contribution in [2.75, 3.05) is 13.1 Å². The Kier molecular flexibility index (Phi) is 3.41. The number of rotatable bonds is 3. The first-order valence-electron chi connectivity index (χ1n) is 8.11. The Hall–Kier alpha value is -2.21. The molecule has 0 saturated carbocycles. The average Bonchev–Trinajstić information content (AvgIpc) is 3.15. The summed E-state index contributed by atoms with van der Waals surface area (Å²) in [4.78, 5) is 19.2. The first-order valence-corrected chi connectivity index (χ1v) is 8.11. The van der Waals surface area contributed by atoms with E-state index in [4.69, 9.17) is 4.74 Å². The fourth-order valence-electron chi connectivity index (χ4n) is 3.51. The summed E-state index contributed by atoms with van der Waals surface area (Å²) >= 11 is 0. The Bertz CT molecular complexity index is 742. The zero-order chi connectivity index (χ0) is 15.9. The molecule has 2 aliphatic rings. The molecule has 1 aromatic heterocycles. The van der Waals surface area contributed by atoms with Gasteiger partial charge in [0.1, 0.15) is 23.0 Å². The van der Waals surface area contributed by atoms with Crippen LogP contribution >= 0.6 is 0 Å². The fourth-order valence-corrected chi connectivity index (χ4v) is 3.51. The van der Waals surface area contributed by atoms with E-state index in [1.165, 1.54) is 0 Å². The molecule has 1 atom stereocenters. The molecule has 1 spiro atoms. The highest BCUT2D eigenvalue weighted by atomic mass is 16.5. The van der Waals surface area contributed by atoms with E-state index in [9.17, 15) is 4.79 Å². The third-order valence-electron chi connectivity index (χ3n) is 4.66. The van der Waals surface area contributed by atoms with Gasteiger partial charge in [-0.05, 0) is 12.1 Å². The molecule has 1 aromatic carbocycles. The molecule has 6 nitrogen and oxygen atoms in total. The number of ether oxygens (including phenoxy) is 1. The van der Waals surface area contributed by atoms with E-state index < -0.39 is 0 Å². The number of nitrogens with zero attached hydrogens (tertiary/aromatic N) is 3. The van der Waals surface area contributed by atoms with Gasteiger partial charge in [-0.15, -0.1) is 0 Å². The molecule has 0 bridgehead atoms. The number of hydrogen-bond donors (Lipinski definition) is 1. The second-order valence-electron chi connectivity index (χ2n) is 6.39. The number of aromatic amines is 1. The number of Topliss-reactive ketones (excluding diaryl/α,β-unsaturated/α-hetero) is 1. The van der Waals surface area contributed by atoms with Crippen LogP contribution in [-0.4, -0.2) is 44.6 Å². The van der Waals surface area contributed by atoms with Gasteiger partial charge in [0.25, 0.3) is 0 Å². The van der Waals surface area contributed by atoms with Crippen LogP contribution in [0.5, 0.6) is 5.75 Å². The maximum atomic E-state index is 12.4. The lowest BCUT2D eigenvalue weighted by Crippen LogP contribution is -2.44. The van der Waals surface area contributed by atoms with Gasteiger partial charge in [0, 0.05) is 25.9 Å². The zero-order valence-corrected chi connectivity index (χ0v) is 13.2. The number of fused-ring (bicyclic) bond motifs is 1. The van der Waals surface area contributed by atoms with E-state index >= 15 is 0 Å². The third kappa shape index (κ3) is 2.63. The standard InChI is InChI=1S/C17H20N4O2/c1-2-15-18-16(20-19-15)10-21-8-7-17(11-21)9-13(22)12-5-3-4-6-14(12)23-17/h3-6H,2,7-11H2,1H3,(H,18,19,20)/t17-/m0/s1. The number of ketones is 1. The Morgan fingerprint density at radius 3 is 3.09 bits per heavy atom. The molecule has 1 N–H and O–H groups in total. The number of carbonyl (C=O) groups is 1. The molecule has 1 fully saturated rings. The van der Waals surface area contributed by atoms with Crippen molar-refractivity contribution in [3.63, 3.8) is 0 Å². The number of likely N-dealkylation sites (tertiary alicyclic amines) is 1. The lowest BCUT2D eigenvalue weighted by Gasteiger charge is -2.34. The lowest BCUT2D eigenvalue weighted by molar-refractivity contribution is 0.0454. The van der Waals surface area contributed by atoms with Crippen LogP contribution < -0.4 is 4.74 Å². The molecule has 0 aliphatic carbocycles. The van der Waals surface area contributed by atoms with Crippen LogP contribution in [0.1, 0.15) is 41.8 Å². The van der Waals surface area contributed by atoms with Crippen molar-refractivity contribution in [1.29, 1.82) is 0 Å². The predicted molar refractivity (Wildman–Crippen MR) is 84.4 cm³/mol. The average molecular weight is 312 g/mol. The van der Waals surface area contributed by atoms with Crippen LogP contribution in [-0.2, 0) is 13.0 Å². The summed E-state index contributed by atoms with van der Waals surface area (Å²) in [7, 11) is 0. The molecule has 0 amide bonds. The predicted octanol–water partition coefficient (Wildman–Crippen LogP) is 1.98. The Morgan fingerprint density at radius 2 is 2.26 bits per heavy atom. The van der Waals surface area contributed by atoms with E-state index in [0.29, 0.717) is 18.5 Å². The van der Waals surface area contributed by atoms with E-state index in [0.717, 1.165) is 43.3 Å². The fraction of sp³-hybridized carbons (Fsp3) is 0.471. The minimum Gasteiger partial charge on any atom is -0.485 e. The molecule has 2 aliphatic heterocycles. The molecular weight excluding hydrogens is 292 g/mol. The number of benzene rings is 1. The number of carbonyl (C=O) groups excluding carboxylic acids is 1. The van der Waals surface area contributed by atoms with Crippen molar-refractivity contribution < 1.29 is 9.53 Å². The monoisotopic (exact) mass is 312 g/mol. The minimum absolute atomic E-state index is 0.182. The summed E-state index contributed by atoms with van der Waals surface area (Å²) in [6.07, 6.45) is 2.15. The number of H-pyrrole nitrogens is 1. The first kappa shape index (κ1) is 14.4. The topological polar surface area (TPSA) is 71.1 Å². The van der Waals surface area contributed by atoms with Crippen molar-refractivity contribution in [1.82, 2.24) is 20.1 Å². The maximum absolute atomic E-state index is 12.4. The van der Waals surface area contributed by atoms with Gasteiger partial charge in [-0.2, -0.15) is 5.10 Å². The summed E-state index contributed by atoms with van der Waals surface area (Å²) in [6.45, 7) is 4.40. The maximum Gasteiger partial charge on any atom is 0.170 e. The highest BCUT2D eigenvalue weighted by Gasteiger charge is 2.45. The quantitative estimate of drug-likeness (QED) is 0.938. The van der Waals surface area contributed by atoms with Crippen molar-refractivity contribution in [3.8, 4) is 5.75 Å². The van der Waals surface area contributed by atoms with E-state index in [-0.39, 0.29) is 11.4 Å². The Morgan fingerprint density at radius 1 is 1.39 bits per heavy atom. The Labute approximate surface area is 134 Å². The van der Waals surface area contributed by atoms with Crippen LogP contribution in [0, 0.1) is 0 Å². The molecule has 0 unspecified atom stereocenters. The molecule has 1 saturated heterocycles. The van der Waals surface area contributed by atoms with Gasteiger partial charge in [-0.1, -0.05) is 19.1 Å².